The first-order valence-electron chi connectivity index (χ1n) is 6.74. The molecule has 112 valence electrons. The lowest BCUT2D eigenvalue weighted by atomic mass is 10.2. The molecule has 0 saturated carbocycles. The highest BCUT2D eigenvalue weighted by atomic mass is 79.9. The summed E-state index contributed by atoms with van der Waals surface area (Å²) < 4.78 is 6.51. The maximum Gasteiger partial charge on any atom is 0.238 e. The summed E-state index contributed by atoms with van der Waals surface area (Å²) in [5.74, 6) is 1.71. The zero-order valence-electron chi connectivity index (χ0n) is 12.4. The Morgan fingerprint density at radius 3 is 2.67 bits per heavy atom. The minimum absolute atomic E-state index is 0.0359. The molecule has 1 aromatic carbocycles. The van der Waals surface area contributed by atoms with Crippen LogP contribution in [-0.4, -0.2) is 24.4 Å². The molecule has 1 amide bonds. The van der Waals surface area contributed by atoms with Gasteiger partial charge in [0, 0.05) is 10.2 Å². The first-order valence-corrected chi connectivity index (χ1v) is 7.53. The molecule has 21 heavy (non-hydrogen) atoms. The van der Waals surface area contributed by atoms with E-state index in [1.807, 2.05) is 56.1 Å². The number of nitrogens with zero attached hydrogens (tertiary/aromatic N) is 1. The van der Waals surface area contributed by atoms with Crippen molar-refractivity contribution in [1.29, 1.82) is 0 Å². The van der Waals surface area contributed by atoms with Gasteiger partial charge in [-0.3, -0.25) is 9.69 Å². The first-order chi connectivity index (χ1) is 9.94. The number of anilines is 1. The standard InChI is InChI=1S/C16H19BrN2O2/c1-11-8-13(17)5-7-15(11)18-16(20)10-19(3)9-14-6-4-12(2)21-14/h4-8H,9-10H2,1-3H3,(H,18,20). The summed E-state index contributed by atoms with van der Waals surface area (Å²) in [6.07, 6.45) is 0. The predicted molar refractivity (Wildman–Crippen MR) is 87.3 cm³/mol. The largest absolute Gasteiger partial charge is 0.465 e. The van der Waals surface area contributed by atoms with Crippen LogP contribution in [-0.2, 0) is 11.3 Å². The van der Waals surface area contributed by atoms with Crippen molar-refractivity contribution in [2.45, 2.75) is 20.4 Å². The van der Waals surface area contributed by atoms with Crippen LogP contribution >= 0.6 is 15.9 Å². The second kappa shape index (κ2) is 6.91. The molecule has 0 aliphatic rings. The van der Waals surface area contributed by atoms with Crippen molar-refractivity contribution in [3.8, 4) is 0 Å². The van der Waals surface area contributed by atoms with Gasteiger partial charge in [-0.1, -0.05) is 15.9 Å². The average molecular weight is 351 g/mol. The third-order valence-corrected chi connectivity index (χ3v) is 3.59. The number of carbonyl (C=O) groups is 1. The Bertz CT molecular complexity index is 637. The van der Waals surface area contributed by atoms with Crippen LogP contribution < -0.4 is 5.32 Å². The van der Waals surface area contributed by atoms with Crippen LogP contribution in [0.25, 0.3) is 0 Å². The van der Waals surface area contributed by atoms with E-state index in [0.717, 1.165) is 27.2 Å². The third kappa shape index (κ3) is 4.72. The van der Waals surface area contributed by atoms with Crippen molar-refractivity contribution in [3.63, 3.8) is 0 Å². The lowest BCUT2D eigenvalue weighted by Crippen LogP contribution is -2.29. The van der Waals surface area contributed by atoms with Gasteiger partial charge in [0.2, 0.25) is 5.91 Å². The molecule has 0 spiro atoms. The second-order valence-electron chi connectivity index (χ2n) is 5.19. The Hall–Kier alpha value is -1.59. The Kier molecular flexibility index (Phi) is 5.20. The van der Waals surface area contributed by atoms with E-state index < -0.39 is 0 Å². The summed E-state index contributed by atoms with van der Waals surface area (Å²) in [7, 11) is 1.89. The van der Waals surface area contributed by atoms with E-state index in [1.165, 1.54) is 0 Å². The van der Waals surface area contributed by atoms with Crippen LogP contribution in [0, 0.1) is 13.8 Å². The number of hydrogen-bond acceptors (Lipinski definition) is 3. The molecule has 1 N–H and O–H groups in total. The van der Waals surface area contributed by atoms with Crippen LogP contribution in [0.4, 0.5) is 5.69 Å². The second-order valence-corrected chi connectivity index (χ2v) is 6.11. The number of benzene rings is 1. The Balaban J connectivity index is 1.89. The molecule has 0 fully saturated rings. The summed E-state index contributed by atoms with van der Waals surface area (Å²) in [6.45, 7) is 4.80. The minimum Gasteiger partial charge on any atom is -0.465 e. The lowest BCUT2D eigenvalue weighted by molar-refractivity contribution is -0.117. The molecule has 0 aliphatic heterocycles. The first kappa shape index (κ1) is 15.8. The van der Waals surface area contributed by atoms with E-state index in [4.69, 9.17) is 4.42 Å². The summed E-state index contributed by atoms with van der Waals surface area (Å²) >= 11 is 3.41. The molecule has 0 radical (unpaired) electrons. The van der Waals surface area contributed by atoms with Crippen LogP contribution in [0.3, 0.4) is 0 Å². The lowest BCUT2D eigenvalue weighted by Gasteiger charge is -2.15. The zero-order chi connectivity index (χ0) is 15.4. The minimum atomic E-state index is -0.0359. The van der Waals surface area contributed by atoms with E-state index in [-0.39, 0.29) is 5.91 Å². The SMILES string of the molecule is Cc1ccc(CN(C)CC(=O)Nc2ccc(Br)cc2C)o1. The topological polar surface area (TPSA) is 45.5 Å². The van der Waals surface area contributed by atoms with Gasteiger partial charge in [0.15, 0.2) is 0 Å². The third-order valence-electron chi connectivity index (χ3n) is 3.10. The van der Waals surface area contributed by atoms with E-state index >= 15 is 0 Å². The molecule has 1 aromatic heterocycles. The fraction of sp³-hybridized carbons (Fsp3) is 0.312. The fourth-order valence-electron chi connectivity index (χ4n) is 2.09. The van der Waals surface area contributed by atoms with Crippen molar-refractivity contribution in [2.24, 2.45) is 0 Å². The quantitative estimate of drug-likeness (QED) is 0.893. The highest BCUT2D eigenvalue weighted by Crippen LogP contribution is 2.20. The Morgan fingerprint density at radius 2 is 2.05 bits per heavy atom. The zero-order valence-corrected chi connectivity index (χ0v) is 14.0. The molecule has 0 saturated heterocycles. The number of likely N-dealkylation sites (N-methyl/N-ethyl adjacent to an activating group) is 1. The van der Waals surface area contributed by atoms with Crippen LogP contribution in [0.5, 0.6) is 0 Å². The maximum absolute atomic E-state index is 12.1. The van der Waals surface area contributed by atoms with Gasteiger partial charge in [-0.05, 0) is 56.8 Å². The van der Waals surface area contributed by atoms with Crippen molar-refractivity contribution in [1.82, 2.24) is 4.90 Å². The van der Waals surface area contributed by atoms with Gasteiger partial charge in [-0.15, -0.1) is 0 Å². The number of furan rings is 1. The molecular formula is C16H19BrN2O2. The fourth-order valence-corrected chi connectivity index (χ4v) is 2.57. The molecule has 0 atom stereocenters. The van der Waals surface area contributed by atoms with Crippen molar-refractivity contribution >= 4 is 27.5 Å². The van der Waals surface area contributed by atoms with Crippen molar-refractivity contribution < 1.29 is 9.21 Å². The molecule has 0 unspecified atom stereocenters. The molecule has 2 rings (SSSR count). The highest BCUT2D eigenvalue weighted by molar-refractivity contribution is 9.10. The van der Waals surface area contributed by atoms with E-state index in [0.29, 0.717) is 13.1 Å². The number of nitrogens with one attached hydrogen (secondary N) is 1. The summed E-state index contributed by atoms with van der Waals surface area (Å²) in [4.78, 5) is 14.0. The van der Waals surface area contributed by atoms with E-state index in [1.54, 1.807) is 0 Å². The number of carbonyl (C=O) groups excluding carboxylic acids is 1. The molecule has 1 heterocycles. The van der Waals surface area contributed by atoms with E-state index in [9.17, 15) is 4.79 Å². The van der Waals surface area contributed by atoms with Crippen LogP contribution in [0.15, 0.2) is 39.2 Å². The monoisotopic (exact) mass is 350 g/mol. The van der Waals surface area contributed by atoms with Crippen LogP contribution in [0.1, 0.15) is 17.1 Å². The number of amides is 1. The van der Waals surface area contributed by atoms with Gasteiger partial charge >= 0.3 is 0 Å². The predicted octanol–water partition coefficient (Wildman–Crippen LogP) is 3.73. The summed E-state index contributed by atoms with van der Waals surface area (Å²) in [5, 5.41) is 2.93. The Labute approximate surface area is 133 Å². The van der Waals surface area contributed by atoms with E-state index in [2.05, 4.69) is 21.2 Å². The van der Waals surface area contributed by atoms with Gasteiger partial charge in [0.05, 0.1) is 13.1 Å². The highest BCUT2D eigenvalue weighted by Gasteiger charge is 2.10. The molecule has 5 heteroatoms. The smallest absolute Gasteiger partial charge is 0.238 e. The van der Waals surface area contributed by atoms with Gasteiger partial charge in [-0.2, -0.15) is 0 Å². The van der Waals surface area contributed by atoms with Crippen LogP contribution in [0.2, 0.25) is 0 Å². The van der Waals surface area contributed by atoms with Gasteiger partial charge in [0.25, 0.3) is 0 Å². The number of halogens is 1. The molecule has 0 aliphatic carbocycles. The summed E-state index contributed by atoms with van der Waals surface area (Å²) in [6, 6.07) is 9.65. The molecular weight excluding hydrogens is 332 g/mol. The number of hydrogen-bond donors (Lipinski definition) is 1. The normalized spacial score (nSPS) is 10.9. The van der Waals surface area contributed by atoms with Gasteiger partial charge in [-0.25, -0.2) is 0 Å². The number of aryl methyl sites for hydroxylation is 2. The number of rotatable bonds is 5. The molecule has 0 bridgehead atoms. The van der Waals surface area contributed by atoms with Gasteiger partial charge < -0.3 is 9.73 Å². The summed E-state index contributed by atoms with van der Waals surface area (Å²) in [5.41, 5.74) is 1.87. The molecule has 4 nitrogen and oxygen atoms in total. The maximum atomic E-state index is 12.1. The average Bonchev–Trinajstić information content (AvgIpc) is 2.78. The Morgan fingerprint density at radius 1 is 1.29 bits per heavy atom. The van der Waals surface area contributed by atoms with Crippen molar-refractivity contribution in [3.05, 3.63) is 51.9 Å². The van der Waals surface area contributed by atoms with Crippen molar-refractivity contribution in [2.75, 3.05) is 18.9 Å². The van der Waals surface area contributed by atoms with Gasteiger partial charge in [0.1, 0.15) is 11.5 Å². The molecule has 2 aromatic rings.